The number of benzene rings is 3. The van der Waals surface area contributed by atoms with Gasteiger partial charge in [0.15, 0.2) is 11.5 Å². The Labute approximate surface area is 210 Å². The highest BCUT2D eigenvalue weighted by Crippen LogP contribution is 2.29. The molecule has 0 spiro atoms. The second kappa shape index (κ2) is 9.41. The number of para-hydroxylation sites is 1. The van der Waals surface area contributed by atoms with Gasteiger partial charge in [0.25, 0.3) is 0 Å². The lowest BCUT2D eigenvalue weighted by Crippen LogP contribution is -2.36. The third-order valence-electron chi connectivity index (χ3n) is 6.87. The lowest BCUT2D eigenvalue weighted by Gasteiger charge is -2.24. The molecule has 1 aliphatic heterocycles. The van der Waals surface area contributed by atoms with Crippen molar-refractivity contribution in [2.45, 2.75) is 19.8 Å². The molecular weight excluding hydrogens is 448 g/mol. The van der Waals surface area contributed by atoms with E-state index in [0.717, 1.165) is 59.0 Å². The number of hydrogen-bond donors (Lipinski definition) is 0. The van der Waals surface area contributed by atoms with E-state index in [1.165, 1.54) is 5.56 Å². The first-order valence-corrected chi connectivity index (χ1v) is 12.4. The van der Waals surface area contributed by atoms with E-state index < -0.39 is 0 Å². The predicted molar refractivity (Wildman–Crippen MR) is 142 cm³/mol. The van der Waals surface area contributed by atoms with Crippen molar-refractivity contribution >= 4 is 28.4 Å². The molecule has 2 aromatic heterocycles. The number of carbonyl (C=O) groups is 1. The van der Waals surface area contributed by atoms with Crippen LogP contribution >= 0.6 is 0 Å². The number of fused-ring (bicyclic) bond motifs is 3. The highest BCUT2D eigenvalue weighted by atomic mass is 16.2. The summed E-state index contributed by atoms with van der Waals surface area (Å²) < 4.78 is 2.08. The van der Waals surface area contributed by atoms with Gasteiger partial charge in [-0.15, -0.1) is 10.2 Å². The number of anilines is 1. The Morgan fingerprint density at radius 3 is 2.44 bits per heavy atom. The Balaban J connectivity index is 1.36. The number of aromatic nitrogens is 4. The molecule has 180 valence electrons. The Hall–Kier alpha value is -4.26. The molecule has 5 aromatic rings. The maximum Gasteiger partial charge on any atom is 0.227 e. The molecule has 0 saturated carbocycles. The molecule has 1 aliphatic rings. The SMILES string of the molecule is Cc1ccc(-c2nnc3c4ccccc4nc(N4CCCN(C(=O)Cc5ccccc5)CC4)n23)cc1. The average Bonchev–Trinajstić information content (AvgIpc) is 3.20. The second-order valence-electron chi connectivity index (χ2n) is 9.36. The van der Waals surface area contributed by atoms with E-state index in [0.29, 0.717) is 19.5 Å². The Morgan fingerprint density at radius 1 is 0.833 bits per heavy atom. The Bertz CT molecular complexity index is 1530. The molecule has 7 nitrogen and oxygen atoms in total. The van der Waals surface area contributed by atoms with Crippen molar-refractivity contribution in [1.29, 1.82) is 0 Å². The van der Waals surface area contributed by atoms with Gasteiger partial charge in [-0.1, -0.05) is 72.3 Å². The largest absolute Gasteiger partial charge is 0.341 e. The van der Waals surface area contributed by atoms with Crippen LogP contribution in [-0.2, 0) is 11.2 Å². The van der Waals surface area contributed by atoms with E-state index in [4.69, 9.17) is 4.98 Å². The molecule has 1 amide bonds. The fraction of sp³-hybridized carbons (Fsp3) is 0.241. The van der Waals surface area contributed by atoms with E-state index in [9.17, 15) is 4.79 Å². The first-order valence-electron chi connectivity index (χ1n) is 12.4. The van der Waals surface area contributed by atoms with Gasteiger partial charge in [-0.2, -0.15) is 0 Å². The quantitative estimate of drug-likeness (QED) is 0.381. The lowest BCUT2D eigenvalue weighted by molar-refractivity contribution is -0.130. The molecule has 36 heavy (non-hydrogen) atoms. The third-order valence-corrected chi connectivity index (χ3v) is 6.87. The third kappa shape index (κ3) is 4.17. The summed E-state index contributed by atoms with van der Waals surface area (Å²) in [5, 5.41) is 10.2. The topological polar surface area (TPSA) is 66.6 Å². The van der Waals surface area contributed by atoms with Crippen LogP contribution in [0.5, 0.6) is 0 Å². The van der Waals surface area contributed by atoms with Crippen molar-refractivity contribution in [1.82, 2.24) is 24.5 Å². The minimum atomic E-state index is 0.171. The summed E-state index contributed by atoms with van der Waals surface area (Å²) in [4.78, 5) is 22.4. The van der Waals surface area contributed by atoms with Crippen molar-refractivity contribution in [2.75, 3.05) is 31.1 Å². The van der Waals surface area contributed by atoms with Crippen molar-refractivity contribution in [3.63, 3.8) is 0 Å². The van der Waals surface area contributed by atoms with E-state index in [1.807, 2.05) is 59.5 Å². The molecule has 3 heterocycles. The zero-order chi connectivity index (χ0) is 24.5. The first kappa shape index (κ1) is 22.2. The van der Waals surface area contributed by atoms with E-state index in [-0.39, 0.29) is 5.91 Å². The zero-order valence-electron chi connectivity index (χ0n) is 20.3. The van der Waals surface area contributed by atoms with Crippen LogP contribution in [0.1, 0.15) is 17.5 Å². The average molecular weight is 477 g/mol. The molecule has 1 saturated heterocycles. The highest BCUT2D eigenvalue weighted by molar-refractivity contribution is 5.93. The Morgan fingerprint density at radius 2 is 1.61 bits per heavy atom. The fourth-order valence-corrected chi connectivity index (χ4v) is 4.92. The molecule has 0 radical (unpaired) electrons. The van der Waals surface area contributed by atoms with Crippen LogP contribution in [0.2, 0.25) is 0 Å². The minimum absolute atomic E-state index is 0.171. The smallest absolute Gasteiger partial charge is 0.227 e. The lowest BCUT2D eigenvalue weighted by atomic mass is 10.1. The molecule has 1 fully saturated rings. The first-order chi connectivity index (χ1) is 17.7. The molecule has 0 unspecified atom stereocenters. The summed E-state index contributed by atoms with van der Waals surface area (Å²) in [6, 6.07) is 26.4. The van der Waals surface area contributed by atoms with Crippen LogP contribution in [0.3, 0.4) is 0 Å². The van der Waals surface area contributed by atoms with Crippen molar-refractivity contribution in [3.05, 3.63) is 90.0 Å². The van der Waals surface area contributed by atoms with Crippen LogP contribution in [0, 0.1) is 6.92 Å². The van der Waals surface area contributed by atoms with Crippen LogP contribution in [0.15, 0.2) is 78.9 Å². The molecule has 7 heteroatoms. The second-order valence-corrected chi connectivity index (χ2v) is 9.36. The van der Waals surface area contributed by atoms with Gasteiger partial charge in [-0.05, 0) is 31.0 Å². The van der Waals surface area contributed by atoms with Crippen LogP contribution < -0.4 is 4.90 Å². The number of carbonyl (C=O) groups excluding carboxylic acids is 1. The van der Waals surface area contributed by atoms with Gasteiger partial charge in [0.05, 0.1) is 11.9 Å². The maximum absolute atomic E-state index is 13.0. The van der Waals surface area contributed by atoms with Gasteiger partial charge in [-0.3, -0.25) is 4.79 Å². The number of nitrogens with zero attached hydrogens (tertiary/aromatic N) is 6. The summed E-state index contributed by atoms with van der Waals surface area (Å²) >= 11 is 0. The molecule has 3 aromatic carbocycles. The summed E-state index contributed by atoms with van der Waals surface area (Å²) in [6.07, 6.45) is 1.31. The van der Waals surface area contributed by atoms with Gasteiger partial charge in [0.2, 0.25) is 11.9 Å². The molecule has 0 atom stereocenters. The summed E-state index contributed by atoms with van der Waals surface area (Å²) in [5.41, 5.74) is 4.94. The van der Waals surface area contributed by atoms with Crippen molar-refractivity contribution < 1.29 is 4.79 Å². The van der Waals surface area contributed by atoms with Gasteiger partial charge >= 0.3 is 0 Å². The zero-order valence-corrected chi connectivity index (χ0v) is 20.3. The predicted octanol–water partition coefficient (Wildman–Crippen LogP) is 4.53. The van der Waals surface area contributed by atoms with Crippen LogP contribution in [-0.4, -0.2) is 56.6 Å². The number of aryl methyl sites for hydroxylation is 1. The van der Waals surface area contributed by atoms with Gasteiger partial charge in [-0.25, -0.2) is 9.38 Å². The van der Waals surface area contributed by atoms with E-state index in [2.05, 4.69) is 50.7 Å². The minimum Gasteiger partial charge on any atom is -0.341 e. The number of rotatable bonds is 4. The summed E-state index contributed by atoms with van der Waals surface area (Å²) in [5.74, 6) is 1.77. The molecular formula is C29H28N6O. The summed E-state index contributed by atoms with van der Waals surface area (Å²) in [7, 11) is 0. The molecule has 0 aliphatic carbocycles. The molecule has 0 bridgehead atoms. The summed E-state index contributed by atoms with van der Waals surface area (Å²) in [6.45, 7) is 4.98. The van der Waals surface area contributed by atoms with Crippen molar-refractivity contribution in [3.8, 4) is 11.4 Å². The normalized spacial score (nSPS) is 14.4. The Kier molecular flexibility index (Phi) is 5.81. The van der Waals surface area contributed by atoms with Crippen LogP contribution in [0.4, 0.5) is 5.95 Å². The van der Waals surface area contributed by atoms with Crippen LogP contribution in [0.25, 0.3) is 27.9 Å². The fourth-order valence-electron chi connectivity index (χ4n) is 4.92. The molecule has 0 N–H and O–H groups in total. The van der Waals surface area contributed by atoms with Gasteiger partial charge in [0, 0.05) is 37.1 Å². The highest BCUT2D eigenvalue weighted by Gasteiger charge is 2.24. The monoisotopic (exact) mass is 476 g/mol. The maximum atomic E-state index is 13.0. The number of hydrogen-bond acceptors (Lipinski definition) is 5. The molecule has 6 rings (SSSR count). The van der Waals surface area contributed by atoms with Gasteiger partial charge < -0.3 is 9.80 Å². The van der Waals surface area contributed by atoms with Gasteiger partial charge in [0.1, 0.15) is 0 Å². The van der Waals surface area contributed by atoms with E-state index >= 15 is 0 Å². The van der Waals surface area contributed by atoms with E-state index in [1.54, 1.807) is 0 Å². The standard InChI is InChI=1S/C29H28N6O/c1-21-12-14-23(15-13-21)27-31-32-28-24-10-5-6-11-25(24)30-29(35(27)28)34-17-7-16-33(18-19-34)26(36)20-22-8-3-2-4-9-22/h2-6,8-15H,7,16-20H2,1H3. The number of amides is 1. The van der Waals surface area contributed by atoms with Crippen molar-refractivity contribution in [2.24, 2.45) is 0 Å².